The zero-order valence-corrected chi connectivity index (χ0v) is 20.1. The largest absolute Gasteiger partial charge is 0.465 e. The fourth-order valence-corrected chi connectivity index (χ4v) is 3.97. The van der Waals surface area contributed by atoms with Crippen molar-refractivity contribution in [2.24, 2.45) is 5.10 Å². The molecule has 0 aliphatic rings. The molecule has 7 nitrogen and oxygen atoms in total. The minimum atomic E-state index is -0.241. The van der Waals surface area contributed by atoms with Crippen LogP contribution in [0.25, 0.3) is 23.2 Å². The molecular formula is C24H20BrN5O2S. The van der Waals surface area contributed by atoms with Gasteiger partial charge in [-0.25, -0.2) is 5.43 Å². The number of benzene rings is 2. The van der Waals surface area contributed by atoms with Crippen molar-refractivity contribution in [3.8, 4) is 17.1 Å². The molecule has 0 bridgehead atoms. The molecule has 166 valence electrons. The van der Waals surface area contributed by atoms with Crippen LogP contribution in [0.1, 0.15) is 12.7 Å². The van der Waals surface area contributed by atoms with Gasteiger partial charge in [0, 0.05) is 15.7 Å². The van der Waals surface area contributed by atoms with E-state index in [1.54, 1.807) is 12.5 Å². The Morgan fingerprint density at radius 3 is 2.64 bits per heavy atom. The Hall–Kier alpha value is -3.43. The van der Waals surface area contributed by atoms with Crippen molar-refractivity contribution in [2.45, 2.75) is 12.1 Å². The zero-order valence-electron chi connectivity index (χ0n) is 17.7. The lowest BCUT2D eigenvalue weighted by atomic mass is 10.2. The van der Waals surface area contributed by atoms with E-state index in [1.807, 2.05) is 84.3 Å². The second-order valence-corrected chi connectivity index (χ2v) is 8.83. The van der Waals surface area contributed by atoms with Gasteiger partial charge in [-0.1, -0.05) is 58.0 Å². The van der Waals surface area contributed by atoms with Gasteiger partial charge in [0.15, 0.2) is 11.0 Å². The molecule has 0 fully saturated rings. The van der Waals surface area contributed by atoms with Crippen molar-refractivity contribution in [2.75, 3.05) is 5.75 Å². The number of nitrogens with zero attached hydrogens (tertiary/aromatic N) is 4. The lowest BCUT2D eigenvalue weighted by Gasteiger charge is -2.10. The number of nitrogens with one attached hydrogen (secondary N) is 1. The number of hydrazone groups is 1. The Morgan fingerprint density at radius 2 is 1.91 bits per heavy atom. The van der Waals surface area contributed by atoms with E-state index in [-0.39, 0.29) is 11.7 Å². The number of aromatic nitrogens is 3. The van der Waals surface area contributed by atoms with E-state index >= 15 is 0 Å². The number of para-hydroxylation sites is 1. The van der Waals surface area contributed by atoms with E-state index in [2.05, 4.69) is 36.7 Å². The topological polar surface area (TPSA) is 85.3 Å². The zero-order chi connectivity index (χ0) is 23.0. The van der Waals surface area contributed by atoms with Crippen molar-refractivity contribution in [3.05, 3.63) is 88.8 Å². The summed E-state index contributed by atoms with van der Waals surface area (Å²) in [4.78, 5) is 12.3. The smallest absolute Gasteiger partial charge is 0.250 e. The predicted octanol–water partition coefficient (Wildman–Crippen LogP) is 5.59. The first-order valence-electron chi connectivity index (χ1n) is 10.0. The van der Waals surface area contributed by atoms with Crippen molar-refractivity contribution in [3.63, 3.8) is 0 Å². The maximum atomic E-state index is 12.3. The maximum absolute atomic E-state index is 12.3. The molecule has 2 aromatic heterocycles. The third kappa shape index (κ3) is 6.09. The van der Waals surface area contributed by atoms with Crippen LogP contribution in [0.4, 0.5) is 0 Å². The van der Waals surface area contributed by atoms with Crippen LogP contribution < -0.4 is 5.43 Å². The fraction of sp³-hybridized carbons (Fsp3) is 0.0833. The minimum Gasteiger partial charge on any atom is -0.465 e. The van der Waals surface area contributed by atoms with Gasteiger partial charge in [-0.3, -0.25) is 9.36 Å². The Bertz CT molecular complexity index is 1270. The van der Waals surface area contributed by atoms with Gasteiger partial charge in [-0.05, 0) is 55.0 Å². The number of furan rings is 1. The standard InChI is InChI=1S/C24H20BrN5O2S/c1-17(14-21-8-5-13-32-21)15-26-27-22(31)16-33-24-29-28-23(18-9-11-19(25)12-10-18)30(24)20-6-3-2-4-7-20/h2-15H,16H2,1H3,(H,27,31)/b17-14+,26-15+. The summed E-state index contributed by atoms with van der Waals surface area (Å²) in [6.07, 6.45) is 5.01. The SMILES string of the molecule is CC(/C=N/NC(=O)CSc1nnc(-c2ccc(Br)cc2)n1-c1ccccc1)=C\c1ccco1. The molecule has 0 saturated carbocycles. The minimum absolute atomic E-state index is 0.142. The summed E-state index contributed by atoms with van der Waals surface area (Å²) >= 11 is 4.76. The molecule has 2 aromatic carbocycles. The van der Waals surface area contributed by atoms with E-state index in [9.17, 15) is 4.79 Å². The third-order valence-electron chi connectivity index (χ3n) is 4.45. The number of halogens is 1. The number of hydrogen-bond acceptors (Lipinski definition) is 6. The van der Waals surface area contributed by atoms with E-state index < -0.39 is 0 Å². The molecule has 0 spiro atoms. The van der Waals surface area contributed by atoms with E-state index in [0.29, 0.717) is 11.0 Å². The molecule has 0 aliphatic heterocycles. The Balaban J connectivity index is 1.46. The first kappa shape index (κ1) is 22.8. The van der Waals surface area contributed by atoms with Crippen LogP contribution >= 0.6 is 27.7 Å². The average Bonchev–Trinajstić information content (AvgIpc) is 3.49. The van der Waals surface area contributed by atoms with Gasteiger partial charge in [0.1, 0.15) is 5.76 Å². The Kier molecular flexibility index (Phi) is 7.54. The molecule has 2 heterocycles. The summed E-state index contributed by atoms with van der Waals surface area (Å²) in [5, 5.41) is 13.4. The van der Waals surface area contributed by atoms with Gasteiger partial charge in [0.2, 0.25) is 0 Å². The van der Waals surface area contributed by atoms with Gasteiger partial charge >= 0.3 is 0 Å². The number of allylic oxidation sites excluding steroid dienone is 1. The Labute approximate surface area is 203 Å². The highest BCUT2D eigenvalue weighted by atomic mass is 79.9. The van der Waals surface area contributed by atoms with Crippen LogP contribution in [0, 0.1) is 0 Å². The average molecular weight is 522 g/mol. The van der Waals surface area contributed by atoms with Crippen LogP contribution in [0.2, 0.25) is 0 Å². The molecule has 0 atom stereocenters. The molecule has 1 amide bonds. The normalized spacial score (nSPS) is 11.8. The first-order chi connectivity index (χ1) is 16.1. The fourth-order valence-electron chi connectivity index (χ4n) is 2.96. The molecule has 4 aromatic rings. The Morgan fingerprint density at radius 1 is 1.12 bits per heavy atom. The molecule has 4 rings (SSSR count). The number of amides is 1. The quantitative estimate of drug-likeness (QED) is 0.185. The number of thioether (sulfide) groups is 1. The monoisotopic (exact) mass is 521 g/mol. The van der Waals surface area contributed by atoms with E-state index in [0.717, 1.165) is 27.1 Å². The van der Waals surface area contributed by atoms with Gasteiger partial charge < -0.3 is 4.42 Å². The molecule has 0 aliphatic carbocycles. The lowest BCUT2D eigenvalue weighted by Crippen LogP contribution is -2.20. The van der Waals surface area contributed by atoms with Crippen LogP contribution in [-0.2, 0) is 4.79 Å². The summed E-state index contributed by atoms with van der Waals surface area (Å²) in [5.74, 6) is 1.33. The van der Waals surface area contributed by atoms with E-state index in [4.69, 9.17) is 4.42 Å². The van der Waals surface area contributed by atoms with Gasteiger partial charge in [-0.15, -0.1) is 10.2 Å². The lowest BCUT2D eigenvalue weighted by molar-refractivity contribution is -0.118. The van der Waals surface area contributed by atoms with Gasteiger partial charge in [0.25, 0.3) is 5.91 Å². The number of carbonyl (C=O) groups is 1. The second kappa shape index (κ2) is 10.9. The van der Waals surface area contributed by atoms with Gasteiger partial charge in [-0.2, -0.15) is 5.10 Å². The highest BCUT2D eigenvalue weighted by Gasteiger charge is 2.17. The van der Waals surface area contributed by atoms with Crippen molar-refractivity contribution >= 4 is 45.9 Å². The van der Waals surface area contributed by atoms with Crippen molar-refractivity contribution in [1.29, 1.82) is 0 Å². The predicted molar refractivity (Wildman–Crippen MR) is 134 cm³/mol. The third-order valence-corrected chi connectivity index (χ3v) is 5.91. The number of carbonyl (C=O) groups excluding carboxylic acids is 1. The van der Waals surface area contributed by atoms with Crippen LogP contribution in [-0.4, -0.2) is 32.6 Å². The molecule has 0 radical (unpaired) electrons. The molecule has 0 saturated heterocycles. The highest BCUT2D eigenvalue weighted by Crippen LogP contribution is 2.28. The van der Waals surface area contributed by atoms with Crippen LogP contribution in [0.5, 0.6) is 0 Å². The summed E-state index contributed by atoms with van der Waals surface area (Å²) in [6.45, 7) is 1.87. The molecule has 33 heavy (non-hydrogen) atoms. The summed E-state index contributed by atoms with van der Waals surface area (Å²) in [5.41, 5.74) is 5.23. The molecular weight excluding hydrogens is 502 g/mol. The van der Waals surface area contributed by atoms with Crippen LogP contribution in [0.3, 0.4) is 0 Å². The van der Waals surface area contributed by atoms with Gasteiger partial charge in [0.05, 0.1) is 18.2 Å². The molecule has 0 unspecified atom stereocenters. The summed E-state index contributed by atoms with van der Waals surface area (Å²) < 4.78 is 8.19. The van der Waals surface area contributed by atoms with E-state index in [1.165, 1.54) is 11.8 Å². The maximum Gasteiger partial charge on any atom is 0.250 e. The summed E-state index contributed by atoms with van der Waals surface area (Å²) in [6, 6.07) is 21.3. The summed E-state index contributed by atoms with van der Waals surface area (Å²) in [7, 11) is 0. The molecule has 9 heteroatoms. The first-order valence-corrected chi connectivity index (χ1v) is 11.8. The molecule has 1 N–H and O–H groups in total. The second-order valence-electron chi connectivity index (χ2n) is 6.97. The van der Waals surface area contributed by atoms with Crippen molar-refractivity contribution < 1.29 is 9.21 Å². The highest BCUT2D eigenvalue weighted by molar-refractivity contribution is 9.10. The van der Waals surface area contributed by atoms with Crippen molar-refractivity contribution in [1.82, 2.24) is 20.2 Å². The van der Waals surface area contributed by atoms with Crippen LogP contribution in [0.15, 0.2) is 97.7 Å². The number of rotatable bonds is 8. The number of hydrogen-bond donors (Lipinski definition) is 1.